The molecule has 6 rings (SSSR count). The molecule has 0 bridgehead atoms. The minimum absolute atomic E-state index is 0.233. The van der Waals surface area contributed by atoms with Crippen LogP contribution in [-0.2, 0) is 0 Å². The highest BCUT2D eigenvalue weighted by atomic mass is 35.5. The minimum Gasteiger partial charge on any atom is -0.438 e. The zero-order chi connectivity index (χ0) is 22.4. The highest BCUT2D eigenvalue weighted by molar-refractivity contribution is 6.31. The van der Waals surface area contributed by atoms with Crippen molar-refractivity contribution in [2.45, 2.75) is 5.92 Å². The maximum atomic E-state index is 13.0. The number of nitrogens with zero attached hydrogens (tertiary/aromatic N) is 1. The summed E-state index contributed by atoms with van der Waals surface area (Å²) >= 11 is 6.41. The standard InChI is InChI=1S/C27H18ClN3O2/c28-18-11-12-21-19(13-18)23(25(31-21)17-9-5-2-6-10-17)20-14-22(16-7-3-1-4-8-16)33-27-24(20)26(32)29-15-30-27/h1-15,20,31H,(H,29,30,32). The molecule has 3 aromatic carbocycles. The van der Waals surface area contributed by atoms with Gasteiger partial charge in [-0.25, -0.2) is 4.98 Å². The lowest BCUT2D eigenvalue weighted by atomic mass is 9.86. The van der Waals surface area contributed by atoms with Crippen molar-refractivity contribution in [2.24, 2.45) is 0 Å². The molecular formula is C27H18ClN3O2. The van der Waals surface area contributed by atoms with Gasteiger partial charge >= 0.3 is 0 Å². The molecule has 0 amide bonds. The number of benzene rings is 3. The monoisotopic (exact) mass is 451 g/mol. The van der Waals surface area contributed by atoms with Gasteiger partial charge in [-0.15, -0.1) is 0 Å². The Morgan fingerprint density at radius 3 is 2.36 bits per heavy atom. The summed E-state index contributed by atoms with van der Waals surface area (Å²) < 4.78 is 6.10. The van der Waals surface area contributed by atoms with E-state index in [1.807, 2.05) is 84.9 Å². The molecule has 0 spiro atoms. The Morgan fingerprint density at radius 2 is 1.61 bits per heavy atom. The first-order chi connectivity index (χ1) is 16.2. The molecule has 160 valence electrons. The number of hydrogen-bond acceptors (Lipinski definition) is 3. The van der Waals surface area contributed by atoms with Gasteiger partial charge in [-0.05, 0) is 35.4 Å². The van der Waals surface area contributed by atoms with Crippen LogP contribution in [0.2, 0.25) is 5.02 Å². The summed E-state index contributed by atoms with van der Waals surface area (Å²) in [5.41, 5.74) is 4.99. The SMILES string of the molecule is O=c1[nH]cnc2c1C(c1c(-c3ccccc3)[nH]c3ccc(Cl)cc13)C=C(c1ccccc1)O2. The summed E-state index contributed by atoms with van der Waals surface area (Å²) in [6, 6.07) is 25.6. The lowest BCUT2D eigenvalue weighted by Gasteiger charge is -2.24. The van der Waals surface area contributed by atoms with Crippen molar-refractivity contribution in [3.63, 3.8) is 0 Å². The van der Waals surface area contributed by atoms with Gasteiger partial charge in [0.25, 0.3) is 5.56 Å². The van der Waals surface area contributed by atoms with Crippen molar-refractivity contribution in [3.05, 3.63) is 123 Å². The smallest absolute Gasteiger partial charge is 0.258 e. The van der Waals surface area contributed by atoms with Crippen LogP contribution < -0.4 is 10.3 Å². The van der Waals surface area contributed by atoms with Gasteiger partial charge in [-0.1, -0.05) is 72.3 Å². The topological polar surface area (TPSA) is 70.8 Å². The van der Waals surface area contributed by atoms with Gasteiger partial charge in [0.15, 0.2) is 0 Å². The molecule has 0 radical (unpaired) electrons. The number of aromatic nitrogens is 3. The number of nitrogens with one attached hydrogen (secondary N) is 2. The van der Waals surface area contributed by atoms with Crippen LogP contribution >= 0.6 is 11.6 Å². The lowest BCUT2D eigenvalue weighted by molar-refractivity contribution is 0.467. The number of aromatic amines is 2. The molecule has 0 fully saturated rings. The first-order valence-electron chi connectivity index (χ1n) is 10.6. The van der Waals surface area contributed by atoms with Crippen LogP contribution in [0.25, 0.3) is 27.9 Å². The highest BCUT2D eigenvalue weighted by Crippen LogP contribution is 2.44. The Labute approximate surface area is 194 Å². The van der Waals surface area contributed by atoms with Gasteiger partial charge in [-0.2, -0.15) is 0 Å². The molecule has 0 aliphatic carbocycles. The minimum atomic E-state index is -0.399. The third-order valence-electron chi connectivity index (χ3n) is 5.92. The molecule has 5 nitrogen and oxygen atoms in total. The molecule has 3 heterocycles. The summed E-state index contributed by atoms with van der Waals surface area (Å²) in [6.07, 6.45) is 3.36. The van der Waals surface area contributed by atoms with E-state index in [4.69, 9.17) is 16.3 Å². The second-order valence-corrected chi connectivity index (χ2v) is 8.33. The van der Waals surface area contributed by atoms with Crippen molar-refractivity contribution in [3.8, 4) is 17.1 Å². The van der Waals surface area contributed by atoms with Crippen molar-refractivity contribution < 1.29 is 4.74 Å². The van der Waals surface area contributed by atoms with Gasteiger partial charge in [-0.3, -0.25) is 4.79 Å². The van der Waals surface area contributed by atoms with E-state index >= 15 is 0 Å². The second kappa shape index (κ2) is 7.80. The Morgan fingerprint density at radius 1 is 0.879 bits per heavy atom. The van der Waals surface area contributed by atoms with Gasteiger partial charge in [0.05, 0.1) is 17.6 Å². The van der Waals surface area contributed by atoms with Gasteiger partial charge < -0.3 is 14.7 Å². The van der Waals surface area contributed by atoms with Gasteiger partial charge in [0, 0.05) is 27.4 Å². The maximum Gasteiger partial charge on any atom is 0.258 e. The Balaban J connectivity index is 1.68. The van der Waals surface area contributed by atoms with Crippen LogP contribution in [0.1, 0.15) is 22.6 Å². The maximum absolute atomic E-state index is 13.0. The van der Waals surface area contributed by atoms with E-state index in [1.54, 1.807) is 0 Å². The van der Waals surface area contributed by atoms with E-state index in [1.165, 1.54) is 6.33 Å². The third-order valence-corrected chi connectivity index (χ3v) is 6.16. The molecule has 1 aliphatic rings. The Hall–Kier alpha value is -4.09. The van der Waals surface area contributed by atoms with E-state index < -0.39 is 5.92 Å². The predicted molar refractivity (Wildman–Crippen MR) is 130 cm³/mol. The quantitative estimate of drug-likeness (QED) is 0.346. The van der Waals surface area contributed by atoms with E-state index in [2.05, 4.69) is 15.0 Å². The van der Waals surface area contributed by atoms with E-state index in [-0.39, 0.29) is 5.56 Å². The van der Waals surface area contributed by atoms with E-state index in [9.17, 15) is 4.79 Å². The molecule has 2 aromatic heterocycles. The zero-order valence-electron chi connectivity index (χ0n) is 17.4. The average molecular weight is 452 g/mol. The summed E-state index contributed by atoms with van der Waals surface area (Å²) in [7, 11) is 0. The predicted octanol–water partition coefficient (Wildman–Crippen LogP) is 6.14. The molecule has 33 heavy (non-hydrogen) atoms. The molecule has 1 atom stereocenters. The third kappa shape index (κ3) is 3.34. The number of allylic oxidation sites excluding steroid dienone is 1. The molecule has 1 unspecified atom stereocenters. The lowest BCUT2D eigenvalue weighted by Crippen LogP contribution is -2.22. The van der Waals surface area contributed by atoms with E-state index in [0.29, 0.717) is 22.2 Å². The molecular weight excluding hydrogens is 434 g/mol. The normalized spacial score (nSPS) is 15.1. The average Bonchev–Trinajstić information content (AvgIpc) is 3.23. The van der Waals surface area contributed by atoms with Crippen molar-refractivity contribution in [2.75, 3.05) is 0 Å². The molecule has 0 saturated carbocycles. The first kappa shape index (κ1) is 19.6. The van der Waals surface area contributed by atoms with Crippen LogP contribution in [0.3, 0.4) is 0 Å². The molecule has 5 aromatic rings. The van der Waals surface area contributed by atoms with Gasteiger partial charge in [0.1, 0.15) is 5.76 Å². The zero-order valence-corrected chi connectivity index (χ0v) is 18.1. The molecule has 2 N–H and O–H groups in total. The Kier molecular flexibility index (Phi) is 4.63. The molecule has 1 aliphatic heterocycles. The van der Waals surface area contributed by atoms with Crippen molar-refractivity contribution in [1.82, 2.24) is 15.0 Å². The van der Waals surface area contributed by atoms with Crippen LogP contribution in [0.4, 0.5) is 0 Å². The number of H-pyrrole nitrogens is 2. The van der Waals surface area contributed by atoms with E-state index in [0.717, 1.165) is 33.3 Å². The summed E-state index contributed by atoms with van der Waals surface area (Å²) in [6.45, 7) is 0. The van der Waals surface area contributed by atoms with Crippen molar-refractivity contribution >= 4 is 28.3 Å². The van der Waals surface area contributed by atoms with Crippen LogP contribution in [0, 0.1) is 0 Å². The Bertz CT molecular complexity index is 1570. The van der Waals surface area contributed by atoms with Crippen LogP contribution in [0.15, 0.2) is 96.1 Å². The largest absolute Gasteiger partial charge is 0.438 e. The molecule has 0 saturated heterocycles. The summed E-state index contributed by atoms with van der Waals surface area (Å²) in [5.74, 6) is 0.561. The number of ether oxygens (including phenoxy) is 1. The number of halogens is 1. The summed E-state index contributed by atoms with van der Waals surface area (Å²) in [5, 5.41) is 1.58. The highest BCUT2D eigenvalue weighted by Gasteiger charge is 2.32. The first-order valence-corrected chi connectivity index (χ1v) is 11.0. The summed E-state index contributed by atoms with van der Waals surface area (Å²) in [4.78, 5) is 23.6. The van der Waals surface area contributed by atoms with Crippen LogP contribution in [-0.4, -0.2) is 15.0 Å². The van der Waals surface area contributed by atoms with Crippen molar-refractivity contribution in [1.29, 1.82) is 0 Å². The fourth-order valence-corrected chi connectivity index (χ4v) is 4.62. The fraction of sp³-hybridized carbons (Fsp3) is 0.0370. The number of fused-ring (bicyclic) bond motifs is 2. The second-order valence-electron chi connectivity index (χ2n) is 7.90. The fourth-order valence-electron chi connectivity index (χ4n) is 4.45. The number of hydrogen-bond donors (Lipinski definition) is 2. The number of rotatable bonds is 3. The van der Waals surface area contributed by atoms with Gasteiger partial charge in [0.2, 0.25) is 5.88 Å². The van der Waals surface area contributed by atoms with Crippen LogP contribution in [0.5, 0.6) is 5.88 Å². The molecule has 6 heteroatoms.